The molecule has 14 heavy (non-hydrogen) atoms. The van der Waals surface area contributed by atoms with Crippen LogP contribution in [0.3, 0.4) is 0 Å². The standard InChI is InChI=1S/C12H21NO/c1-9(2)5-6-13-10-3-4-11(13)8-12(14)7-10/h10-12,14H,1,3-8H2,2H3. The molecule has 0 aromatic carbocycles. The molecule has 2 aliphatic rings. The van der Waals surface area contributed by atoms with Gasteiger partial charge in [-0.1, -0.05) is 5.57 Å². The van der Waals surface area contributed by atoms with Crippen LogP contribution >= 0.6 is 0 Å². The molecule has 0 spiro atoms. The van der Waals surface area contributed by atoms with Crippen molar-refractivity contribution in [2.45, 2.75) is 57.2 Å². The van der Waals surface area contributed by atoms with Gasteiger partial charge >= 0.3 is 0 Å². The third kappa shape index (κ3) is 2.01. The van der Waals surface area contributed by atoms with Gasteiger partial charge in [-0.25, -0.2) is 0 Å². The fourth-order valence-corrected chi connectivity index (χ4v) is 2.93. The lowest BCUT2D eigenvalue weighted by atomic mass is 9.99. The van der Waals surface area contributed by atoms with E-state index in [0.717, 1.165) is 25.8 Å². The molecule has 1 N–H and O–H groups in total. The Morgan fingerprint density at radius 3 is 2.43 bits per heavy atom. The number of nitrogens with zero attached hydrogens (tertiary/aromatic N) is 1. The summed E-state index contributed by atoms with van der Waals surface area (Å²) >= 11 is 0. The molecule has 2 saturated heterocycles. The zero-order valence-corrected chi connectivity index (χ0v) is 9.08. The van der Waals surface area contributed by atoms with Gasteiger partial charge in [0.2, 0.25) is 0 Å². The molecule has 2 nitrogen and oxygen atoms in total. The summed E-state index contributed by atoms with van der Waals surface area (Å²) in [5.41, 5.74) is 1.27. The summed E-state index contributed by atoms with van der Waals surface area (Å²) in [6.07, 6.45) is 5.65. The third-order valence-electron chi connectivity index (χ3n) is 3.66. The van der Waals surface area contributed by atoms with E-state index in [1.54, 1.807) is 0 Å². The number of hydrogen-bond donors (Lipinski definition) is 1. The Morgan fingerprint density at radius 1 is 1.36 bits per heavy atom. The normalized spacial score (nSPS) is 37.4. The smallest absolute Gasteiger partial charge is 0.0570 e. The lowest BCUT2D eigenvalue weighted by molar-refractivity contribution is 0.0362. The summed E-state index contributed by atoms with van der Waals surface area (Å²) in [7, 11) is 0. The molecule has 2 rings (SSSR count). The van der Waals surface area contributed by atoms with Crippen LogP contribution < -0.4 is 0 Å². The molecule has 0 aromatic heterocycles. The molecule has 80 valence electrons. The van der Waals surface area contributed by atoms with Crippen molar-refractivity contribution in [1.29, 1.82) is 0 Å². The Labute approximate surface area is 86.6 Å². The Hall–Kier alpha value is -0.340. The minimum atomic E-state index is -0.0337. The predicted molar refractivity (Wildman–Crippen MR) is 58.2 cm³/mol. The van der Waals surface area contributed by atoms with E-state index in [9.17, 15) is 5.11 Å². The molecule has 2 atom stereocenters. The second kappa shape index (κ2) is 4.03. The maximum Gasteiger partial charge on any atom is 0.0570 e. The SMILES string of the molecule is C=C(C)CCN1C2CCC1CC(O)C2. The summed E-state index contributed by atoms with van der Waals surface area (Å²) < 4.78 is 0. The monoisotopic (exact) mass is 195 g/mol. The zero-order chi connectivity index (χ0) is 10.1. The van der Waals surface area contributed by atoms with E-state index < -0.39 is 0 Å². The minimum absolute atomic E-state index is 0.0337. The first kappa shape index (κ1) is 10.2. The average molecular weight is 195 g/mol. The summed E-state index contributed by atoms with van der Waals surface area (Å²) in [4.78, 5) is 2.60. The Bertz CT molecular complexity index is 212. The number of aliphatic hydroxyl groups is 1. The average Bonchev–Trinajstić information content (AvgIpc) is 2.34. The van der Waals surface area contributed by atoms with Gasteiger partial charge in [0.05, 0.1) is 6.10 Å². The number of aliphatic hydroxyl groups excluding tert-OH is 1. The Kier molecular flexibility index (Phi) is 2.93. The molecular weight excluding hydrogens is 174 g/mol. The number of rotatable bonds is 3. The molecule has 2 unspecified atom stereocenters. The molecule has 0 radical (unpaired) electrons. The lowest BCUT2D eigenvalue weighted by Gasteiger charge is -2.37. The first-order valence-electron chi connectivity index (χ1n) is 5.75. The first-order valence-corrected chi connectivity index (χ1v) is 5.75. The van der Waals surface area contributed by atoms with Crippen LogP contribution in [0.1, 0.15) is 39.0 Å². The fourth-order valence-electron chi connectivity index (χ4n) is 2.93. The largest absolute Gasteiger partial charge is 0.393 e. The van der Waals surface area contributed by atoms with Gasteiger partial charge in [-0.2, -0.15) is 0 Å². The van der Waals surface area contributed by atoms with Crippen molar-refractivity contribution < 1.29 is 5.11 Å². The van der Waals surface area contributed by atoms with Crippen LogP contribution in [0.15, 0.2) is 12.2 Å². The first-order chi connectivity index (χ1) is 6.66. The van der Waals surface area contributed by atoms with Crippen molar-refractivity contribution in [1.82, 2.24) is 4.90 Å². The highest BCUT2D eigenvalue weighted by molar-refractivity contribution is 4.97. The maximum absolute atomic E-state index is 9.64. The molecule has 0 aliphatic carbocycles. The minimum Gasteiger partial charge on any atom is -0.393 e. The fraction of sp³-hybridized carbons (Fsp3) is 0.833. The van der Waals surface area contributed by atoms with E-state index in [2.05, 4.69) is 18.4 Å². The molecular formula is C12H21NO. The zero-order valence-electron chi connectivity index (χ0n) is 9.08. The van der Waals surface area contributed by atoms with Gasteiger partial charge < -0.3 is 5.11 Å². The van der Waals surface area contributed by atoms with Gasteiger partial charge in [0.1, 0.15) is 0 Å². The second-order valence-corrected chi connectivity index (χ2v) is 4.96. The summed E-state index contributed by atoms with van der Waals surface area (Å²) in [5.74, 6) is 0. The molecule has 2 heterocycles. The number of piperidine rings is 1. The van der Waals surface area contributed by atoms with Crippen molar-refractivity contribution in [2.75, 3.05) is 6.54 Å². The van der Waals surface area contributed by atoms with Crippen LogP contribution in [0.4, 0.5) is 0 Å². The van der Waals surface area contributed by atoms with Crippen LogP contribution in [-0.4, -0.2) is 34.7 Å². The van der Waals surface area contributed by atoms with E-state index in [0.29, 0.717) is 12.1 Å². The van der Waals surface area contributed by atoms with Crippen molar-refractivity contribution in [3.8, 4) is 0 Å². The molecule has 0 aromatic rings. The van der Waals surface area contributed by atoms with Crippen molar-refractivity contribution in [3.63, 3.8) is 0 Å². The van der Waals surface area contributed by atoms with Crippen LogP contribution in [-0.2, 0) is 0 Å². The highest BCUT2D eigenvalue weighted by Gasteiger charge is 2.39. The molecule has 2 heteroatoms. The van der Waals surface area contributed by atoms with Crippen LogP contribution in [0.25, 0.3) is 0 Å². The third-order valence-corrected chi connectivity index (χ3v) is 3.66. The van der Waals surface area contributed by atoms with Gasteiger partial charge in [-0.3, -0.25) is 4.90 Å². The van der Waals surface area contributed by atoms with Gasteiger partial charge in [-0.15, -0.1) is 6.58 Å². The number of hydrogen-bond acceptors (Lipinski definition) is 2. The van der Waals surface area contributed by atoms with Crippen LogP contribution in [0.2, 0.25) is 0 Å². The maximum atomic E-state index is 9.64. The van der Waals surface area contributed by atoms with E-state index in [-0.39, 0.29) is 6.10 Å². The predicted octanol–water partition coefficient (Wildman–Crippen LogP) is 1.94. The molecule has 0 amide bonds. The highest BCUT2D eigenvalue weighted by atomic mass is 16.3. The second-order valence-electron chi connectivity index (χ2n) is 4.96. The topological polar surface area (TPSA) is 23.5 Å². The summed E-state index contributed by atoms with van der Waals surface area (Å²) in [6.45, 7) is 7.20. The molecule has 2 fully saturated rings. The Morgan fingerprint density at radius 2 is 1.93 bits per heavy atom. The Balaban J connectivity index is 1.90. The van der Waals surface area contributed by atoms with E-state index >= 15 is 0 Å². The van der Waals surface area contributed by atoms with Crippen molar-refractivity contribution >= 4 is 0 Å². The molecule has 2 aliphatic heterocycles. The van der Waals surface area contributed by atoms with Gasteiger partial charge in [0.25, 0.3) is 0 Å². The van der Waals surface area contributed by atoms with Crippen LogP contribution in [0, 0.1) is 0 Å². The summed E-state index contributed by atoms with van der Waals surface area (Å²) in [5, 5.41) is 9.64. The molecule has 0 saturated carbocycles. The molecule has 2 bridgehead atoms. The van der Waals surface area contributed by atoms with Gasteiger partial charge in [-0.05, 0) is 39.0 Å². The van der Waals surface area contributed by atoms with E-state index in [4.69, 9.17) is 0 Å². The van der Waals surface area contributed by atoms with Gasteiger partial charge in [0, 0.05) is 18.6 Å². The summed E-state index contributed by atoms with van der Waals surface area (Å²) in [6, 6.07) is 1.31. The van der Waals surface area contributed by atoms with Gasteiger partial charge in [0.15, 0.2) is 0 Å². The van der Waals surface area contributed by atoms with Crippen molar-refractivity contribution in [2.24, 2.45) is 0 Å². The quantitative estimate of drug-likeness (QED) is 0.696. The van der Waals surface area contributed by atoms with Crippen molar-refractivity contribution in [3.05, 3.63) is 12.2 Å². The van der Waals surface area contributed by atoms with E-state index in [1.165, 1.54) is 18.4 Å². The highest BCUT2D eigenvalue weighted by Crippen LogP contribution is 2.35. The number of fused-ring (bicyclic) bond motifs is 2. The van der Waals surface area contributed by atoms with Crippen LogP contribution in [0.5, 0.6) is 0 Å². The lowest BCUT2D eigenvalue weighted by Crippen LogP contribution is -2.45. The van der Waals surface area contributed by atoms with E-state index in [1.807, 2.05) is 0 Å².